The van der Waals surface area contributed by atoms with Gasteiger partial charge in [-0.15, -0.1) is 0 Å². The number of esters is 1. The standard InChI is InChI=1S/C25H23Cl2NO3/c1-25(18-9-5-3-6-10-18,19-11-7-4-8-12-19)24(30)28-22(23(29)31-2)15-17-13-14-20(26)16-21(17)27/h3-14,16,22H,15H2,1-2H3,(H,28,30)/t22-/m0/s1. The van der Waals surface area contributed by atoms with E-state index in [0.717, 1.165) is 11.1 Å². The number of carbonyl (C=O) groups is 2. The highest BCUT2D eigenvalue weighted by atomic mass is 35.5. The summed E-state index contributed by atoms with van der Waals surface area (Å²) in [5.41, 5.74) is 1.29. The van der Waals surface area contributed by atoms with Crippen molar-refractivity contribution in [3.05, 3.63) is 106 Å². The summed E-state index contributed by atoms with van der Waals surface area (Å²) in [5.74, 6) is -0.867. The molecule has 4 nitrogen and oxygen atoms in total. The fourth-order valence-electron chi connectivity index (χ4n) is 3.52. The molecule has 0 saturated heterocycles. The van der Waals surface area contributed by atoms with Crippen LogP contribution in [0.2, 0.25) is 10.0 Å². The van der Waals surface area contributed by atoms with Crippen LogP contribution in [0.3, 0.4) is 0 Å². The van der Waals surface area contributed by atoms with E-state index in [1.54, 1.807) is 18.2 Å². The number of hydrogen-bond donors (Lipinski definition) is 1. The third-order valence-electron chi connectivity index (χ3n) is 5.39. The molecule has 0 aliphatic heterocycles. The molecule has 0 radical (unpaired) electrons. The van der Waals surface area contributed by atoms with Gasteiger partial charge in [-0.2, -0.15) is 0 Å². The number of benzene rings is 3. The van der Waals surface area contributed by atoms with Crippen LogP contribution < -0.4 is 5.32 Å². The Morgan fingerprint density at radius 2 is 1.48 bits per heavy atom. The van der Waals surface area contributed by atoms with Gasteiger partial charge in [-0.25, -0.2) is 4.79 Å². The summed E-state index contributed by atoms with van der Waals surface area (Å²) in [7, 11) is 1.29. The normalized spacial score (nSPS) is 12.1. The predicted octanol–water partition coefficient (Wildman–Crippen LogP) is 5.20. The van der Waals surface area contributed by atoms with Crippen molar-refractivity contribution in [3.8, 4) is 0 Å². The first kappa shape index (κ1) is 22.9. The summed E-state index contributed by atoms with van der Waals surface area (Å²) in [5, 5.41) is 3.81. The Morgan fingerprint density at radius 1 is 0.935 bits per heavy atom. The maximum atomic E-state index is 13.7. The van der Waals surface area contributed by atoms with Crippen molar-refractivity contribution in [2.45, 2.75) is 24.8 Å². The average Bonchev–Trinajstić information content (AvgIpc) is 2.80. The Hall–Kier alpha value is -2.82. The Labute approximate surface area is 192 Å². The Kier molecular flexibility index (Phi) is 7.37. The molecule has 0 bridgehead atoms. The van der Waals surface area contributed by atoms with Crippen LogP contribution in [0.25, 0.3) is 0 Å². The quantitative estimate of drug-likeness (QED) is 0.498. The van der Waals surface area contributed by atoms with E-state index in [9.17, 15) is 9.59 Å². The molecule has 1 atom stereocenters. The molecule has 0 fully saturated rings. The van der Waals surface area contributed by atoms with E-state index in [1.807, 2.05) is 67.6 Å². The highest BCUT2D eigenvalue weighted by molar-refractivity contribution is 6.35. The van der Waals surface area contributed by atoms with E-state index >= 15 is 0 Å². The highest BCUT2D eigenvalue weighted by Gasteiger charge is 2.39. The number of carbonyl (C=O) groups excluding carboxylic acids is 2. The molecule has 3 aromatic carbocycles. The maximum absolute atomic E-state index is 13.7. The summed E-state index contributed by atoms with van der Waals surface area (Å²) in [6.45, 7) is 1.84. The summed E-state index contributed by atoms with van der Waals surface area (Å²) in [4.78, 5) is 26.2. The predicted molar refractivity (Wildman–Crippen MR) is 123 cm³/mol. The monoisotopic (exact) mass is 455 g/mol. The van der Waals surface area contributed by atoms with Gasteiger partial charge in [0.05, 0.1) is 12.5 Å². The lowest BCUT2D eigenvalue weighted by Crippen LogP contribution is -2.51. The Bertz CT molecular complexity index is 1020. The van der Waals surface area contributed by atoms with Gasteiger partial charge >= 0.3 is 5.97 Å². The second-order valence-corrected chi connectivity index (χ2v) is 8.19. The van der Waals surface area contributed by atoms with Crippen LogP contribution in [-0.2, 0) is 26.2 Å². The number of ether oxygens (including phenoxy) is 1. The van der Waals surface area contributed by atoms with Gasteiger partial charge in [-0.1, -0.05) is 89.9 Å². The molecule has 0 aliphatic carbocycles. The first-order valence-electron chi connectivity index (χ1n) is 9.80. The first-order chi connectivity index (χ1) is 14.9. The zero-order valence-corrected chi connectivity index (χ0v) is 18.8. The molecule has 31 heavy (non-hydrogen) atoms. The van der Waals surface area contributed by atoms with Gasteiger partial charge in [0.1, 0.15) is 6.04 Å². The maximum Gasteiger partial charge on any atom is 0.328 e. The van der Waals surface area contributed by atoms with Crippen molar-refractivity contribution in [2.75, 3.05) is 7.11 Å². The van der Waals surface area contributed by atoms with E-state index < -0.39 is 17.4 Å². The minimum atomic E-state index is -1.02. The third-order valence-corrected chi connectivity index (χ3v) is 5.97. The third kappa shape index (κ3) is 5.09. The van der Waals surface area contributed by atoms with Gasteiger partial charge in [0.25, 0.3) is 0 Å². The molecule has 160 valence electrons. The molecule has 0 saturated carbocycles. The van der Waals surface area contributed by atoms with E-state index in [4.69, 9.17) is 27.9 Å². The van der Waals surface area contributed by atoms with E-state index in [2.05, 4.69) is 5.32 Å². The van der Waals surface area contributed by atoms with Crippen molar-refractivity contribution in [3.63, 3.8) is 0 Å². The smallest absolute Gasteiger partial charge is 0.328 e. The lowest BCUT2D eigenvalue weighted by Gasteiger charge is -2.31. The van der Waals surface area contributed by atoms with Crippen LogP contribution in [0.4, 0.5) is 0 Å². The van der Waals surface area contributed by atoms with Crippen LogP contribution in [-0.4, -0.2) is 25.0 Å². The molecule has 6 heteroatoms. The van der Waals surface area contributed by atoms with Crippen molar-refractivity contribution in [1.82, 2.24) is 5.32 Å². The second kappa shape index (κ2) is 9.99. The molecule has 3 aromatic rings. The number of amides is 1. The van der Waals surface area contributed by atoms with Crippen LogP contribution in [0, 0.1) is 0 Å². The fourth-order valence-corrected chi connectivity index (χ4v) is 4.00. The zero-order valence-electron chi connectivity index (χ0n) is 17.3. The highest BCUT2D eigenvalue weighted by Crippen LogP contribution is 2.32. The van der Waals surface area contributed by atoms with Crippen LogP contribution in [0.1, 0.15) is 23.6 Å². The molecule has 0 heterocycles. The molecule has 1 N–H and O–H groups in total. The number of hydrogen-bond acceptors (Lipinski definition) is 3. The van der Waals surface area contributed by atoms with Gasteiger partial charge in [0.2, 0.25) is 5.91 Å². The first-order valence-corrected chi connectivity index (χ1v) is 10.6. The minimum absolute atomic E-state index is 0.175. The van der Waals surface area contributed by atoms with Crippen molar-refractivity contribution >= 4 is 35.1 Å². The second-order valence-electron chi connectivity index (χ2n) is 7.35. The van der Waals surface area contributed by atoms with Crippen LogP contribution in [0.15, 0.2) is 78.9 Å². The minimum Gasteiger partial charge on any atom is -0.467 e. The lowest BCUT2D eigenvalue weighted by atomic mass is 9.75. The van der Waals surface area contributed by atoms with Crippen molar-refractivity contribution < 1.29 is 14.3 Å². The van der Waals surface area contributed by atoms with E-state index in [-0.39, 0.29) is 12.3 Å². The molecular formula is C25H23Cl2NO3. The Morgan fingerprint density at radius 3 is 1.97 bits per heavy atom. The van der Waals surface area contributed by atoms with Gasteiger partial charge < -0.3 is 10.1 Å². The topological polar surface area (TPSA) is 55.4 Å². The number of methoxy groups -OCH3 is 1. The van der Waals surface area contributed by atoms with Crippen molar-refractivity contribution in [1.29, 1.82) is 0 Å². The van der Waals surface area contributed by atoms with Gasteiger partial charge in [-0.05, 0) is 35.7 Å². The largest absolute Gasteiger partial charge is 0.467 e. The lowest BCUT2D eigenvalue weighted by molar-refractivity contribution is -0.145. The molecule has 0 aliphatic rings. The van der Waals surface area contributed by atoms with Crippen LogP contribution >= 0.6 is 23.2 Å². The molecule has 0 spiro atoms. The van der Waals surface area contributed by atoms with Gasteiger partial charge in [0, 0.05) is 16.5 Å². The molecule has 1 amide bonds. The molecule has 0 unspecified atom stereocenters. The number of nitrogens with one attached hydrogen (secondary N) is 1. The molecule has 0 aromatic heterocycles. The van der Waals surface area contributed by atoms with E-state index in [1.165, 1.54) is 7.11 Å². The van der Waals surface area contributed by atoms with E-state index in [0.29, 0.717) is 15.6 Å². The van der Waals surface area contributed by atoms with Gasteiger partial charge in [0.15, 0.2) is 0 Å². The number of halogens is 2. The molecule has 3 rings (SSSR count). The average molecular weight is 456 g/mol. The molecular weight excluding hydrogens is 433 g/mol. The summed E-state index contributed by atoms with van der Waals surface area (Å²) in [6, 6.07) is 23.0. The van der Waals surface area contributed by atoms with Crippen molar-refractivity contribution in [2.24, 2.45) is 0 Å². The zero-order chi connectivity index (χ0) is 22.4. The summed E-state index contributed by atoms with van der Waals surface area (Å²) < 4.78 is 4.95. The Balaban J connectivity index is 1.96. The van der Waals surface area contributed by atoms with Gasteiger partial charge in [-0.3, -0.25) is 4.79 Å². The van der Waals surface area contributed by atoms with Crippen LogP contribution in [0.5, 0.6) is 0 Å². The summed E-state index contributed by atoms with van der Waals surface area (Å²) in [6.07, 6.45) is 0.175. The summed E-state index contributed by atoms with van der Waals surface area (Å²) >= 11 is 12.3. The number of rotatable bonds is 7. The fraction of sp³-hybridized carbons (Fsp3) is 0.200. The SMILES string of the molecule is COC(=O)[C@H](Cc1ccc(Cl)cc1Cl)NC(=O)C(C)(c1ccccc1)c1ccccc1.